The Morgan fingerprint density at radius 3 is 2.17 bits per heavy atom. The number of hydrogen-bond donors (Lipinski definition) is 1. The molecule has 1 N–H and O–H groups in total. The molecule has 0 spiro atoms. The van der Waals surface area contributed by atoms with Crippen molar-refractivity contribution in [1.82, 2.24) is 5.32 Å². The first-order valence-electron chi connectivity index (χ1n) is 7.58. The zero-order valence-electron chi connectivity index (χ0n) is 13.4. The number of hydrogen-bond acceptors (Lipinski definition) is 3. The summed E-state index contributed by atoms with van der Waals surface area (Å²) >= 11 is 0. The summed E-state index contributed by atoms with van der Waals surface area (Å²) < 4.78 is 5.09. The Balaban J connectivity index is 2.09. The Morgan fingerprint density at radius 2 is 1.70 bits per heavy atom. The van der Waals surface area contributed by atoms with Gasteiger partial charge in [-0.25, -0.2) is 0 Å². The van der Waals surface area contributed by atoms with Crippen molar-refractivity contribution in [1.29, 1.82) is 5.26 Å². The van der Waals surface area contributed by atoms with Crippen molar-refractivity contribution < 1.29 is 9.53 Å². The molecule has 0 aliphatic rings. The average molecular weight is 308 g/mol. The summed E-state index contributed by atoms with van der Waals surface area (Å²) in [7, 11) is 1.63. The molecule has 0 radical (unpaired) electrons. The van der Waals surface area contributed by atoms with Crippen LogP contribution in [0, 0.1) is 11.3 Å². The van der Waals surface area contributed by atoms with Gasteiger partial charge in [0.25, 0.3) is 5.91 Å². The molecule has 4 nitrogen and oxygen atoms in total. The zero-order chi connectivity index (χ0) is 16.7. The van der Waals surface area contributed by atoms with Gasteiger partial charge < -0.3 is 10.1 Å². The van der Waals surface area contributed by atoms with E-state index in [1.807, 2.05) is 43.3 Å². The molecule has 0 aromatic heterocycles. The van der Waals surface area contributed by atoms with E-state index in [0.29, 0.717) is 17.7 Å². The van der Waals surface area contributed by atoms with E-state index in [-0.39, 0.29) is 11.9 Å². The number of carbonyl (C=O) groups excluding carboxylic acids is 1. The summed E-state index contributed by atoms with van der Waals surface area (Å²) in [6, 6.07) is 16.9. The molecule has 1 atom stereocenters. The van der Waals surface area contributed by atoms with Gasteiger partial charge in [-0.3, -0.25) is 4.79 Å². The number of nitrogens with zero attached hydrogens (tertiary/aromatic N) is 1. The fourth-order valence-electron chi connectivity index (χ4n) is 2.28. The molecule has 0 aliphatic heterocycles. The van der Waals surface area contributed by atoms with Gasteiger partial charge in [-0.2, -0.15) is 5.26 Å². The molecule has 0 fully saturated rings. The molecule has 0 aliphatic carbocycles. The van der Waals surface area contributed by atoms with Crippen LogP contribution in [0.3, 0.4) is 0 Å². The molecule has 0 bridgehead atoms. The van der Waals surface area contributed by atoms with Gasteiger partial charge >= 0.3 is 0 Å². The number of nitriles is 1. The third-order valence-corrected chi connectivity index (χ3v) is 3.69. The fourth-order valence-corrected chi connectivity index (χ4v) is 2.28. The molecule has 1 amide bonds. The lowest BCUT2D eigenvalue weighted by molar-refractivity contribution is 0.0894. The van der Waals surface area contributed by atoms with Gasteiger partial charge in [0.2, 0.25) is 0 Å². The van der Waals surface area contributed by atoms with Crippen LogP contribution in [0.25, 0.3) is 11.1 Å². The molecule has 0 saturated carbocycles. The first-order valence-corrected chi connectivity index (χ1v) is 7.58. The normalized spacial score (nSPS) is 11.5. The summed E-state index contributed by atoms with van der Waals surface area (Å²) in [6.45, 7) is 2.52. The van der Waals surface area contributed by atoms with Crippen LogP contribution in [-0.4, -0.2) is 25.7 Å². The van der Waals surface area contributed by atoms with E-state index < -0.39 is 0 Å². The second-order valence-electron chi connectivity index (χ2n) is 5.30. The summed E-state index contributed by atoms with van der Waals surface area (Å²) in [6.07, 6.45) is 0.822. The van der Waals surface area contributed by atoms with Gasteiger partial charge in [0, 0.05) is 12.7 Å². The summed E-state index contributed by atoms with van der Waals surface area (Å²) in [5, 5.41) is 11.8. The topological polar surface area (TPSA) is 62.1 Å². The largest absolute Gasteiger partial charge is 0.383 e. The van der Waals surface area contributed by atoms with Crippen LogP contribution in [0.15, 0.2) is 48.5 Å². The minimum atomic E-state index is -0.0970. The number of carbonyl (C=O) groups is 1. The Kier molecular flexibility index (Phi) is 5.90. The Bertz CT molecular complexity index is 685. The molecular formula is C19H20N2O2. The predicted octanol–water partition coefficient (Wildman–Crippen LogP) is 3.38. The maximum atomic E-state index is 12.2. The number of amides is 1. The Morgan fingerprint density at radius 1 is 1.13 bits per heavy atom. The van der Waals surface area contributed by atoms with Crippen molar-refractivity contribution in [3.8, 4) is 17.2 Å². The van der Waals surface area contributed by atoms with Gasteiger partial charge in [0.1, 0.15) is 0 Å². The van der Waals surface area contributed by atoms with Crippen LogP contribution in [0.5, 0.6) is 0 Å². The summed E-state index contributed by atoms with van der Waals surface area (Å²) in [5.41, 5.74) is 3.28. The van der Waals surface area contributed by atoms with Gasteiger partial charge in [-0.05, 0) is 41.8 Å². The van der Waals surface area contributed by atoms with Gasteiger partial charge in [0.05, 0.1) is 24.3 Å². The van der Waals surface area contributed by atoms with Gasteiger partial charge in [-0.15, -0.1) is 0 Å². The number of methoxy groups -OCH3 is 1. The van der Waals surface area contributed by atoms with Crippen molar-refractivity contribution in [2.45, 2.75) is 19.4 Å². The minimum absolute atomic E-state index is 0.0192. The lowest BCUT2D eigenvalue weighted by Crippen LogP contribution is -2.37. The van der Waals surface area contributed by atoms with Crippen molar-refractivity contribution in [3.63, 3.8) is 0 Å². The lowest BCUT2D eigenvalue weighted by atomic mass is 10.0. The van der Waals surface area contributed by atoms with Crippen molar-refractivity contribution in [2.24, 2.45) is 0 Å². The second kappa shape index (κ2) is 8.11. The highest BCUT2D eigenvalue weighted by Gasteiger charge is 2.12. The van der Waals surface area contributed by atoms with E-state index in [2.05, 4.69) is 11.4 Å². The molecular weight excluding hydrogens is 288 g/mol. The van der Waals surface area contributed by atoms with Crippen molar-refractivity contribution in [2.75, 3.05) is 13.7 Å². The number of rotatable bonds is 6. The summed E-state index contributed by atoms with van der Waals surface area (Å²) in [5.74, 6) is -0.0970. The van der Waals surface area contributed by atoms with Crippen LogP contribution in [0.4, 0.5) is 0 Å². The van der Waals surface area contributed by atoms with E-state index in [1.165, 1.54) is 0 Å². The van der Waals surface area contributed by atoms with E-state index in [9.17, 15) is 4.79 Å². The van der Waals surface area contributed by atoms with Crippen LogP contribution >= 0.6 is 0 Å². The van der Waals surface area contributed by atoms with Crippen molar-refractivity contribution >= 4 is 5.91 Å². The number of nitrogens with one attached hydrogen (secondary N) is 1. The smallest absolute Gasteiger partial charge is 0.251 e. The molecule has 118 valence electrons. The fraction of sp³-hybridized carbons (Fsp3) is 0.263. The number of ether oxygens (including phenoxy) is 1. The maximum absolute atomic E-state index is 12.2. The van der Waals surface area contributed by atoms with E-state index >= 15 is 0 Å². The number of benzene rings is 2. The van der Waals surface area contributed by atoms with E-state index in [0.717, 1.165) is 17.5 Å². The Labute approximate surface area is 136 Å². The van der Waals surface area contributed by atoms with E-state index in [1.54, 1.807) is 19.2 Å². The average Bonchev–Trinajstić information content (AvgIpc) is 2.61. The molecule has 2 aromatic rings. The highest BCUT2D eigenvalue weighted by Crippen LogP contribution is 2.20. The second-order valence-corrected chi connectivity index (χ2v) is 5.30. The molecule has 2 aromatic carbocycles. The van der Waals surface area contributed by atoms with E-state index in [4.69, 9.17) is 10.00 Å². The zero-order valence-corrected chi connectivity index (χ0v) is 13.4. The molecule has 2 rings (SSSR count). The third kappa shape index (κ3) is 4.41. The third-order valence-electron chi connectivity index (χ3n) is 3.69. The molecule has 0 heterocycles. The first-order chi connectivity index (χ1) is 11.2. The van der Waals surface area contributed by atoms with Crippen LogP contribution in [-0.2, 0) is 4.74 Å². The molecule has 0 unspecified atom stereocenters. The quantitative estimate of drug-likeness (QED) is 0.890. The predicted molar refractivity (Wildman–Crippen MR) is 90.0 cm³/mol. The Hall–Kier alpha value is -2.64. The minimum Gasteiger partial charge on any atom is -0.383 e. The highest BCUT2D eigenvalue weighted by molar-refractivity contribution is 5.94. The molecule has 0 saturated heterocycles. The monoisotopic (exact) mass is 308 g/mol. The van der Waals surface area contributed by atoms with Gasteiger partial charge in [-0.1, -0.05) is 31.2 Å². The van der Waals surface area contributed by atoms with Crippen LogP contribution in [0.2, 0.25) is 0 Å². The summed E-state index contributed by atoms with van der Waals surface area (Å²) in [4.78, 5) is 12.2. The lowest BCUT2D eigenvalue weighted by Gasteiger charge is -2.16. The highest BCUT2D eigenvalue weighted by atomic mass is 16.5. The SMILES string of the molecule is CC[C@H](COC)NC(=O)c1ccc(-c2ccc(C#N)cc2)cc1. The molecule has 4 heteroatoms. The maximum Gasteiger partial charge on any atom is 0.251 e. The van der Waals surface area contributed by atoms with Crippen molar-refractivity contribution in [3.05, 3.63) is 59.7 Å². The first kappa shape index (κ1) is 16.7. The van der Waals surface area contributed by atoms with Crippen LogP contribution < -0.4 is 5.32 Å². The van der Waals surface area contributed by atoms with Gasteiger partial charge in [0.15, 0.2) is 0 Å². The van der Waals surface area contributed by atoms with Crippen LogP contribution in [0.1, 0.15) is 29.3 Å². The molecule has 23 heavy (non-hydrogen) atoms. The standard InChI is InChI=1S/C19H20N2O2/c1-3-18(13-23-2)21-19(22)17-10-8-16(9-11-17)15-6-4-14(12-20)5-7-15/h4-11,18H,3,13H2,1-2H3,(H,21,22)/t18-/m1/s1.